The number of aryl methyl sites for hydroxylation is 1. The molecule has 3 rings (SSSR count). The molecule has 5 nitrogen and oxygen atoms in total. The largest absolute Gasteiger partial charge is 0.338 e. The lowest BCUT2D eigenvalue weighted by Crippen LogP contribution is -2.41. The fraction of sp³-hybridized carbons (Fsp3) is 0.400. The molecule has 1 saturated heterocycles. The maximum Gasteiger partial charge on any atom is 0.263 e. The molecular weight excluding hydrogens is 318 g/mol. The van der Waals surface area contributed by atoms with Gasteiger partial charge in [-0.3, -0.25) is 9.59 Å². The van der Waals surface area contributed by atoms with E-state index < -0.39 is 0 Å². The molecule has 0 aliphatic carbocycles. The first-order valence-electron chi connectivity index (χ1n) is 7.19. The number of carbonyl (C=O) groups is 2. The quantitative estimate of drug-likeness (QED) is 0.938. The molecule has 3 heterocycles. The van der Waals surface area contributed by atoms with Crippen molar-refractivity contribution in [3.8, 4) is 0 Å². The molecule has 1 aliphatic rings. The van der Waals surface area contributed by atoms with Crippen molar-refractivity contribution >= 4 is 39.6 Å². The van der Waals surface area contributed by atoms with E-state index in [0.717, 1.165) is 9.75 Å². The van der Waals surface area contributed by atoms with Crippen LogP contribution in [-0.4, -0.2) is 34.8 Å². The highest BCUT2D eigenvalue weighted by molar-refractivity contribution is 7.15. The summed E-state index contributed by atoms with van der Waals surface area (Å²) in [6, 6.07) is 3.73. The lowest BCUT2D eigenvalue weighted by atomic mass is 9.96. The average molecular weight is 335 g/mol. The summed E-state index contributed by atoms with van der Waals surface area (Å²) in [4.78, 5) is 32.3. The molecule has 2 amide bonds. The molecule has 7 heteroatoms. The maximum atomic E-state index is 12.3. The highest BCUT2D eigenvalue weighted by Crippen LogP contribution is 2.23. The number of amides is 2. The number of carbonyl (C=O) groups excluding carboxylic acids is 2. The molecule has 2 aromatic rings. The molecule has 0 spiro atoms. The first-order valence-corrected chi connectivity index (χ1v) is 8.89. The van der Waals surface area contributed by atoms with Crippen LogP contribution in [0.25, 0.3) is 0 Å². The number of likely N-dealkylation sites (tertiary alicyclic amines) is 1. The van der Waals surface area contributed by atoms with Crippen LogP contribution in [0.1, 0.15) is 27.4 Å². The molecule has 0 atom stereocenters. The van der Waals surface area contributed by atoms with Gasteiger partial charge in [-0.2, -0.15) is 0 Å². The first kappa shape index (κ1) is 15.2. The number of nitrogens with zero attached hydrogens (tertiary/aromatic N) is 2. The van der Waals surface area contributed by atoms with Gasteiger partial charge in [-0.25, -0.2) is 4.98 Å². The zero-order valence-corrected chi connectivity index (χ0v) is 13.9. The van der Waals surface area contributed by atoms with Gasteiger partial charge < -0.3 is 10.2 Å². The van der Waals surface area contributed by atoms with Crippen LogP contribution in [0.2, 0.25) is 0 Å². The fourth-order valence-corrected chi connectivity index (χ4v) is 3.88. The summed E-state index contributed by atoms with van der Waals surface area (Å²) in [7, 11) is 0. The van der Waals surface area contributed by atoms with Crippen LogP contribution in [0.4, 0.5) is 5.13 Å². The number of thiazole rings is 1. The Balaban J connectivity index is 1.53. The number of rotatable bonds is 3. The second-order valence-electron chi connectivity index (χ2n) is 5.31. The second kappa shape index (κ2) is 6.58. The molecule has 1 N–H and O–H groups in total. The standard InChI is InChI=1S/C15H17N3O2S2/c1-10-9-16-15(22-10)17-13(19)11-4-6-18(7-5-11)14(20)12-3-2-8-21-12/h2-3,8-9,11H,4-7H2,1H3,(H,16,17,19). The summed E-state index contributed by atoms with van der Waals surface area (Å²) in [5.74, 6) is 0.0403. The minimum absolute atomic E-state index is 0.0116. The van der Waals surface area contributed by atoms with Crippen LogP contribution in [0.3, 0.4) is 0 Å². The van der Waals surface area contributed by atoms with Crippen molar-refractivity contribution in [1.29, 1.82) is 0 Å². The molecule has 0 saturated carbocycles. The van der Waals surface area contributed by atoms with Crippen molar-refractivity contribution in [3.05, 3.63) is 33.5 Å². The van der Waals surface area contributed by atoms with E-state index in [-0.39, 0.29) is 17.7 Å². The van der Waals surface area contributed by atoms with Gasteiger partial charge in [0.1, 0.15) is 0 Å². The minimum Gasteiger partial charge on any atom is -0.338 e. The highest BCUT2D eigenvalue weighted by atomic mass is 32.1. The monoisotopic (exact) mass is 335 g/mol. The Morgan fingerprint density at radius 2 is 2.14 bits per heavy atom. The van der Waals surface area contributed by atoms with E-state index >= 15 is 0 Å². The fourth-order valence-electron chi connectivity index (χ4n) is 2.52. The summed E-state index contributed by atoms with van der Waals surface area (Å²) in [5.41, 5.74) is 0. The van der Waals surface area contributed by atoms with Gasteiger partial charge in [-0.15, -0.1) is 22.7 Å². The van der Waals surface area contributed by atoms with Crippen molar-refractivity contribution in [2.45, 2.75) is 19.8 Å². The third kappa shape index (κ3) is 3.36. The number of thiophene rings is 1. The zero-order chi connectivity index (χ0) is 15.5. The first-order chi connectivity index (χ1) is 10.6. The van der Waals surface area contributed by atoms with Crippen LogP contribution in [0, 0.1) is 12.8 Å². The molecule has 0 aromatic carbocycles. The number of hydrogen-bond donors (Lipinski definition) is 1. The van der Waals surface area contributed by atoms with E-state index in [1.54, 1.807) is 6.20 Å². The average Bonchev–Trinajstić information content (AvgIpc) is 3.18. The summed E-state index contributed by atoms with van der Waals surface area (Å²) in [6.07, 6.45) is 3.16. The molecule has 1 fully saturated rings. The minimum atomic E-state index is -0.0448. The zero-order valence-electron chi connectivity index (χ0n) is 12.2. The Bertz CT molecular complexity index is 658. The molecule has 0 unspecified atom stereocenters. The topological polar surface area (TPSA) is 62.3 Å². The number of nitrogens with one attached hydrogen (secondary N) is 1. The summed E-state index contributed by atoms with van der Waals surface area (Å²) < 4.78 is 0. The lowest BCUT2D eigenvalue weighted by molar-refractivity contribution is -0.121. The number of piperidine rings is 1. The van der Waals surface area contributed by atoms with Gasteiger partial charge in [0.2, 0.25) is 5.91 Å². The van der Waals surface area contributed by atoms with Gasteiger partial charge in [0, 0.05) is 30.1 Å². The summed E-state index contributed by atoms with van der Waals surface area (Å²) in [6.45, 7) is 3.22. The Kier molecular flexibility index (Phi) is 4.54. The second-order valence-corrected chi connectivity index (χ2v) is 7.49. The van der Waals surface area contributed by atoms with Crippen molar-refractivity contribution in [2.75, 3.05) is 18.4 Å². The molecule has 0 bridgehead atoms. The Labute approximate surface area is 137 Å². The molecular formula is C15H17N3O2S2. The van der Waals surface area contributed by atoms with Crippen molar-refractivity contribution in [1.82, 2.24) is 9.88 Å². The maximum absolute atomic E-state index is 12.3. The van der Waals surface area contributed by atoms with Gasteiger partial charge >= 0.3 is 0 Å². The van der Waals surface area contributed by atoms with E-state index in [9.17, 15) is 9.59 Å². The smallest absolute Gasteiger partial charge is 0.263 e. The van der Waals surface area contributed by atoms with Crippen LogP contribution in [-0.2, 0) is 4.79 Å². The van der Waals surface area contributed by atoms with Gasteiger partial charge in [0.15, 0.2) is 5.13 Å². The number of hydrogen-bond acceptors (Lipinski definition) is 5. The third-order valence-electron chi connectivity index (χ3n) is 3.74. The van der Waals surface area contributed by atoms with Crippen LogP contribution >= 0.6 is 22.7 Å². The van der Waals surface area contributed by atoms with Gasteiger partial charge in [0.25, 0.3) is 5.91 Å². The van der Waals surface area contributed by atoms with E-state index in [4.69, 9.17) is 0 Å². The lowest BCUT2D eigenvalue weighted by Gasteiger charge is -2.30. The Hall–Kier alpha value is -1.73. The van der Waals surface area contributed by atoms with E-state index in [1.807, 2.05) is 29.3 Å². The van der Waals surface area contributed by atoms with Gasteiger partial charge in [-0.1, -0.05) is 6.07 Å². The summed E-state index contributed by atoms with van der Waals surface area (Å²) in [5, 5.41) is 5.43. The van der Waals surface area contributed by atoms with Gasteiger partial charge in [-0.05, 0) is 31.2 Å². The highest BCUT2D eigenvalue weighted by Gasteiger charge is 2.28. The normalized spacial score (nSPS) is 15.8. The molecule has 1 aliphatic heterocycles. The van der Waals surface area contributed by atoms with Crippen LogP contribution in [0.5, 0.6) is 0 Å². The van der Waals surface area contributed by atoms with Crippen molar-refractivity contribution < 1.29 is 9.59 Å². The van der Waals surface area contributed by atoms with E-state index in [0.29, 0.717) is 31.1 Å². The predicted octanol–water partition coefficient (Wildman–Crippen LogP) is 3.00. The molecule has 2 aromatic heterocycles. The third-order valence-corrected chi connectivity index (χ3v) is 5.42. The van der Waals surface area contributed by atoms with Crippen molar-refractivity contribution in [2.24, 2.45) is 5.92 Å². The van der Waals surface area contributed by atoms with Crippen LogP contribution in [0.15, 0.2) is 23.7 Å². The Morgan fingerprint density at radius 3 is 2.73 bits per heavy atom. The van der Waals surface area contributed by atoms with E-state index in [1.165, 1.54) is 22.7 Å². The van der Waals surface area contributed by atoms with Crippen molar-refractivity contribution in [3.63, 3.8) is 0 Å². The molecule has 22 heavy (non-hydrogen) atoms. The van der Waals surface area contributed by atoms with Crippen LogP contribution < -0.4 is 5.32 Å². The van der Waals surface area contributed by atoms with E-state index in [2.05, 4.69) is 10.3 Å². The summed E-state index contributed by atoms with van der Waals surface area (Å²) >= 11 is 2.94. The molecule has 116 valence electrons. The number of anilines is 1. The number of aromatic nitrogens is 1. The SMILES string of the molecule is Cc1cnc(NC(=O)C2CCN(C(=O)c3cccs3)CC2)s1. The Morgan fingerprint density at radius 1 is 1.36 bits per heavy atom. The van der Waals surface area contributed by atoms with Gasteiger partial charge in [0.05, 0.1) is 4.88 Å². The predicted molar refractivity (Wildman–Crippen MR) is 88.4 cm³/mol. The molecule has 0 radical (unpaired) electrons.